The lowest BCUT2D eigenvalue weighted by Gasteiger charge is -2.28. The summed E-state index contributed by atoms with van der Waals surface area (Å²) in [6, 6.07) is -4.65. The Morgan fingerprint density at radius 2 is 1.34 bits per heavy atom. The molecular weight excluding hydrogens is 420 g/mol. The smallest absolute Gasteiger partial charge is 0.326 e. The molecule has 0 fully saturated rings. The van der Waals surface area contributed by atoms with Gasteiger partial charge in [0.15, 0.2) is 0 Å². The average molecular weight is 459 g/mol. The van der Waals surface area contributed by atoms with E-state index in [1.165, 1.54) is 0 Å². The predicted molar refractivity (Wildman–Crippen MR) is 117 cm³/mol. The van der Waals surface area contributed by atoms with Crippen molar-refractivity contribution in [3.8, 4) is 0 Å². The maximum Gasteiger partial charge on any atom is 0.326 e. The molecule has 0 aromatic rings. The van der Waals surface area contributed by atoms with Crippen LogP contribution in [0.4, 0.5) is 0 Å². The van der Waals surface area contributed by atoms with Gasteiger partial charge in [0.2, 0.25) is 17.7 Å². The standard InChI is InChI=1S/C21H38N4O7/c1-7-12(6)17(25-18(28)13(22)8-10(2)3)20(30)23-14(9-15(26)27)19(29)24-16(11(4)5)21(31)32/h10-14,16-17H,7-9,22H2,1-6H3,(H,23,30)(H,24,29)(H,25,28)(H,26,27)(H,31,32). The van der Waals surface area contributed by atoms with Crippen molar-refractivity contribution in [3.63, 3.8) is 0 Å². The number of carboxylic acid groups (broad SMARTS) is 2. The number of amides is 3. The third-order valence-electron chi connectivity index (χ3n) is 5.10. The summed E-state index contributed by atoms with van der Waals surface area (Å²) in [4.78, 5) is 60.6. The van der Waals surface area contributed by atoms with Gasteiger partial charge in [-0.2, -0.15) is 0 Å². The SMILES string of the molecule is CCC(C)C(NC(=O)C(N)CC(C)C)C(=O)NC(CC(=O)O)C(=O)NC(C(=O)O)C(C)C. The highest BCUT2D eigenvalue weighted by molar-refractivity contribution is 5.95. The summed E-state index contributed by atoms with van der Waals surface area (Å²) in [5.74, 6) is -5.48. The molecule has 0 saturated carbocycles. The van der Waals surface area contributed by atoms with Crippen molar-refractivity contribution < 1.29 is 34.2 Å². The first-order chi connectivity index (χ1) is 14.7. The zero-order valence-electron chi connectivity index (χ0n) is 19.7. The Labute approximate surface area is 188 Å². The number of carboxylic acids is 2. The second-order valence-electron chi connectivity index (χ2n) is 8.84. The fourth-order valence-electron chi connectivity index (χ4n) is 2.99. The highest BCUT2D eigenvalue weighted by Gasteiger charge is 2.34. The second kappa shape index (κ2) is 13.7. The molecule has 0 aliphatic heterocycles. The van der Waals surface area contributed by atoms with E-state index in [-0.39, 0.29) is 11.8 Å². The first-order valence-corrected chi connectivity index (χ1v) is 10.8. The van der Waals surface area contributed by atoms with Gasteiger partial charge in [-0.1, -0.05) is 48.0 Å². The van der Waals surface area contributed by atoms with E-state index in [0.717, 1.165) is 0 Å². The number of hydrogen-bond donors (Lipinski definition) is 6. The number of nitrogens with one attached hydrogen (secondary N) is 3. The van der Waals surface area contributed by atoms with Crippen molar-refractivity contribution in [2.24, 2.45) is 23.5 Å². The molecule has 0 aliphatic carbocycles. The zero-order chi connectivity index (χ0) is 25.2. The Bertz CT molecular complexity index is 681. The Morgan fingerprint density at radius 1 is 0.812 bits per heavy atom. The normalized spacial score (nSPS) is 15.9. The van der Waals surface area contributed by atoms with Crippen LogP contribution in [0.3, 0.4) is 0 Å². The fraction of sp³-hybridized carbons (Fsp3) is 0.762. The molecule has 0 bridgehead atoms. The Balaban J connectivity index is 5.57. The van der Waals surface area contributed by atoms with Crippen LogP contribution in [-0.4, -0.2) is 64.0 Å². The highest BCUT2D eigenvalue weighted by atomic mass is 16.4. The molecule has 0 radical (unpaired) electrons. The largest absolute Gasteiger partial charge is 0.481 e. The summed E-state index contributed by atoms with van der Waals surface area (Å²) in [5.41, 5.74) is 5.89. The van der Waals surface area contributed by atoms with Crippen LogP contribution >= 0.6 is 0 Å². The lowest BCUT2D eigenvalue weighted by Crippen LogP contribution is -2.59. The van der Waals surface area contributed by atoms with Crippen LogP contribution in [-0.2, 0) is 24.0 Å². The van der Waals surface area contributed by atoms with E-state index in [2.05, 4.69) is 16.0 Å². The van der Waals surface area contributed by atoms with Crippen LogP contribution in [0.5, 0.6) is 0 Å². The van der Waals surface area contributed by atoms with E-state index < -0.39 is 66.2 Å². The number of rotatable bonds is 14. The molecule has 0 spiro atoms. The van der Waals surface area contributed by atoms with Crippen molar-refractivity contribution >= 4 is 29.7 Å². The van der Waals surface area contributed by atoms with Gasteiger partial charge < -0.3 is 31.9 Å². The molecule has 5 atom stereocenters. The van der Waals surface area contributed by atoms with Crippen LogP contribution in [0.15, 0.2) is 0 Å². The van der Waals surface area contributed by atoms with Gasteiger partial charge in [0.1, 0.15) is 18.1 Å². The molecule has 11 heteroatoms. The monoisotopic (exact) mass is 458 g/mol. The third-order valence-corrected chi connectivity index (χ3v) is 5.10. The van der Waals surface area contributed by atoms with Gasteiger partial charge in [0, 0.05) is 0 Å². The quantitative estimate of drug-likeness (QED) is 0.211. The van der Waals surface area contributed by atoms with Crippen molar-refractivity contribution in [2.75, 3.05) is 0 Å². The van der Waals surface area contributed by atoms with Gasteiger partial charge in [0.05, 0.1) is 12.5 Å². The van der Waals surface area contributed by atoms with Crippen LogP contribution in [0.2, 0.25) is 0 Å². The lowest BCUT2D eigenvalue weighted by atomic mass is 9.96. The van der Waals surface area contributed by atoms with Crippen molar-refractivity contribution in [1.29, 1.82) is 0 Å². The number of nitrogens with two attached hydrogens (primary N) is 1. The van der Waals surface area contributed by atoms with E-state index in [1.54, 1.807) is 20.8 Å². The summed E-state index contributed by atoms with van der Waals surface area (Å²) < 4.78 is 0. The minimum absolute atomic E-state index is 0.165. The minimum Gasteiger partial charge on any atom is -0.481 e. The zero-order valence-corrected chi connectivity index (χ0v) is 19.7. The van der Waals surface area contributed by atoms with Crippen molar-refractivity contribution in [3.05, 3.63) is 0 Å². The van der Waals surface area contributed by atoms with E-state index in [1.807, 2.05) is 20.8 Å². The number of carbonyl (C=O) groups is 5. The van der Waals surface area contributed by atoms with Crippen LogP contribution in [0.25, 0.3) is 0 Å². The number of carbonyl (C=O) groups excluding carboxylic acids is 3. The highest BCUT2D eigenvalue weighted by Crippen LogP contribution is 2.11. The van der Waals surface area contributed by atoms with Gasteiger partial charge >= 0.3 is 11.9 Å². The Hall–Kier alpha value is -2.69. The van der Waals surface area contributed by atoms with Crippen LogP contribution in [0, 0.1) is 17.8 Å². The summed E-state index contributed by atoms with van der Waals surface area (Å²) >= 11 is 0. The molecule has 5 unspecified atom stereocenters. The fourth-order valence-corrected chi connectivity index (χ4v) is 2.99. The van der Waals surface area contributed by atoms with E-state index >= 15 is 0 Å². The van der Waals surface area contributed by atoms with E-state index in [4.69, 9.17) is 10.8 Å². The van der Waals surface area contributed by atoms with Gasteiger partial charge in [-0.25, -0.2) is 4.79 Å². The van der Waals surface area contributed by atoms with Crippen LogP contribution < -0.4 is 21.7 Å². The molecule has 0 aliphatic rings. The average Bonchev–Trinajstić information content (AvgIpc) is 2.66. The molecule has 0 rings (SSSR count). The molecule has 32 heavy (non-hydrogen) atoms. The third kappa shape index (κ3) is 10.1. The molecule has 0 saturated heterocycles. The molecule has 0 aromatic heterocycles. The van der Waals surface area contributed by atoms with Gasteiger partial charge in [0.25, 0.3) is 0 Å². The lowest BCUT2D eigenvalue weighted by molar-refractivity contribution is -0.144. The molecule has 11 nitrogen and oxygen atoms in total. The summed E-state index contributed by atoms with van der Waals surface area (Å²) in [5, 5.41) is 25.6. The summed E-state index contributed by atoms with van der Waals surface area (Å²) in [6.07, 6.45) is 0.175. The Morgan fingerprint density at radius 3 is 1.75 bits per heavy atom. The van der Waals surface area contributed by atoms with Crippen LogP contribution in [0.1, 0.15) is 60.8 Å². The van der Waals surface area contributed by atoms with Gasteiger partial charge in [-0.3, -0.25) is 19.2 Å². The first kappa shape index (κ1) is 29.3. The number of aliphatic carboxylic acids is 2. The molecule has 0 aromatic carbocycles. The molecule has 184 valence electrons. The molecular formula is C21H38N4O7. The molecule has 0 heterocycles. The predicted octanol–water partition coefficient (Wildman–Crippen LogP) is 0.0756. The topological polar surface area (TPSA) is 188 Å². The minimum atomic E-state index is -1.52. The molecule has 3 amide bonds. The summed E-state index contributed by atoms with van der Waals surface area (Å²) in [7, 11) is 0. The maximum atomic E-state index is 12.9. The van der Waals surface area contributed by atoms with Gasteiger partial charge in [-0.05, 0) is 24.2 Å². The number of hydrogen-bond acceptors (Lipinski definition) is 6. The van der Waals surface area contributed by atoms with Gasteiger partial charge in [-0.15, -0.1) is 0 Å². The second-order valence-corrected chi connectivity index (χ2v) is 8.84. The maximum absolute atomic E-state index is 12.9. The van der Waals surface area contributed by atoms with Crippen molar-refractivity contribution in [2.45, 2.75) is 85.0 Å². The first-order valence-electron chi connectivity index (χ1n) is 10.8. The van der Waals surface area contributed by atoms with E-state index in [0.29, 0.717) is 12.8 Å². The Kier molecular flexibility index (Phi) is 12.5. The van der Waals surface area contributed by atoms with Crippen molar-refractivity contribution in [1.82, 2.24) is 16.0 Å². The summed E-state index contributed by atoms with van der Waals surface area (Å²) in [6.45, 7) is 10.5. The van der Waals surface area contributed by atoms with E-state index in [9.17, 15) is 29.1 Å². The molecule has 7 N–H and O–H groups in total.